The maximum absolute atomic E-state index is 11.7. The van der Waals surface area contributed by atoms with Crippen LogP contribution in [-0.4, -0.2) is 29.7 Å². The van der Waals surface area contributed by atoms with E-state index in [0.717, 1.165) is 0 Å². The second-order valence-electron chi connectivity index (χ2n) is 5.58. The minimum absolute atomic E-state index is 0. The van der Waals surface area contributed by atoms with Crippen molar-refractivity contribution < 1.29 is 9.90 Å². The van der Waals surface area contributed by atoms with Gasteiger partial charge in [0.15, 0.2) is 0 Å². The third-order valence-corrected chi connectivity index (χ3v) is 2.79. The Balaban J connectivity index is 0. The van der Waals surface area contributed by atoms with E-state index in [2.05, 4.69) is 5.32 Å². The van der Waals surface area contributed by atoms with Gasteiger partial charge >= 0.3 is 0 Å². The molecule has 0 aromatic heterocycles. The summed E-state index contributed by atoms with van der Waals surface area (Å²) in [5.41, 5.74) is 5.56. The van der Waals surface area contributed by atoms with Crippen LogP contribution in [0.4, 0.5) is 0 Å². The van der Waals surface area contributed by atoms with E-state index in [9.17, 15) is 9.90 Å². The van der Waals surface area contributed by atoms with Crippen LogP contribution < -0.4 is 11.1 Å². The molecule has 0 aliphatic carbocycles. The van der Waals surface area contributed by atoms with Gasteiger partial charge < -0.3 is 16.2 Å². The summed E-state index contributed by atoms with van der Waals surface area (Å²) in [7, 11) is 0. The standard InChI is InChI=1S/C12H26N2O2.ClH/c1-8(15)6-12(4,5)7-14-11(16)9(2)10(3)13;/h8-10,15H,6-7,13H2,1-5H3,(H,14,16);1H. The summed E-state index contributed by atoms with van der Waals surface area (Å²) in [6.45, 7) is 10.0. The van der Waals surface area contributed by atoms with E-state index in [4.69, 9.17) is 5.73 Å². The molecule has 0 radical (unpaired) electrons. The molecule has 5 heteroatoms. The lowest BCUT2D eigenvalue weighted by Gasteiger charge is -2.27. The van der Waals surface area contributed by atoms with Crippen LogP contribution in [0.5, 0.6) is 0 Å². The van der Waals surface area contributed by atoms with Gasteiger partial charge in [0.25, 0.3) is 0 Å². The molecule has 0 bridgehead atoms. The number of nitrogens with two attached hydrogens (primary N) is 1. The minimum atomic E-state index is -0.349. The molecule has 0 aromatic carbocycles. The molecule has 3 unspecified atom stereocenters. The first-order valence-electron chi connectivity index (χ1n) is 5.87. The highest BCUT2D eigenvalue weighted by molar-refractivity contribution is 5.85. The SMILES string of the molecule is CC(O)CC(C)(C)CNC(=O)C(C)C(C)N.Cl. The van der Waals surface area contributed by atoms with Gasteiger partial charge in [-0.3, -0.25) is 4.79 Å². The summed E-state index contributed by atoms with van der Waals surface area (Å²) in [5.74, 6) is -0.198. The Labute approximate surface area is 111 Å². The molecule has 0 aliphatic heterocycles. The molecule has 0 rings (SSSR count). The number of halogens is 1. The molecular formula is C12H27ClN2O2. The van der Waals surface area contributed by atoms with Crippen molar-refractivity contribution in [2.24, 2.45) is 17.1 Å². The fourth-order valence-electron chi connectivity index (χ4n) is 1.60. The molecule has 4 N–H and O–H groups in total. The van der Waals surface area contributed by atoms with Crippen LogP contribution in [0.25, 0.3) is 0 Å². The van der Waals surface area contributed by atoms with Gasteiger partial charge in [-0.15, -0.1) is 12.4 Å². The molecule has 0 spiro atoms. The molecule has 3 atom stereocenters. The van der Waals surface area contributed by atoms with Crippen molar-refractivity contribution in [3.63, 3.8) is 0 Å². The lowest BCUT2D eigenvalue weighted by molar-refractivity contribution is -0.125. The highest BCUT2D eigenvalue weighted by Gasteiger charge is 2.23. The summed E-state index contributed by atoms with van der Waals surface area (Å²) >= 11 is 0. The Hall–Kier alpha value is -0.320. The van der Waals surface area contributed by atoms with E-state index in [1.807, 2.05) is 27.7 Å². The Morgan fingerprint density at radius 2 is 1.82 bits per heavy atom. The first kappa shape index (κ1) is 19.0. The zero-order valence-electron chi connectivity index (χ0n) is 11.5. The van der Waals surface area contributed by atoms with E-state index >= 15 is 0 Å². The predicted octanol–water partition coefficient (Wildman–Crippen LogP) is 1.30. The van der Waals surface area contributed by atoms with Crippen LogP contribution in [0.3, 0.4) is 0 Å². The number of nitrogens with one attached hydrogen (secondary N) is 1. The van der Waals surface area contributed by atoms with Crippen molar-refractivity contribution in [3.8, 4) is 0 Å². The number of carbonyl (C=O) groups excluding carboxylic acids is 1. The molecular weight excluding hydrogens is 240 g/mol. The Morgan fingerprint density at radius 1 is 1.35 bits per heavy atom. The maximum Gasteiger partial charge on any atom is 0.224 e. The van der Waals surface area contributed by atoms with Gasteiger partial charge in [0, 0.05) is 18.5 Å². The number of amides is 1. The van der Waals surface area contributed by atoms with Crippen molar-refractivity contribution in [2.75, 3.05) is 6.54 Å². The average molecular weight is 267 g/mol. The van der Waals surface area contributed by atoms with Crippen molar-refractivity contribution in [1.82, 2.24) is 5.32 Å². The highest BCUT2D eigenvalue weighted by atomic mass is 35.5. The lowest BCUT2D eigenvalue weighted by atomic mass is 9.86. The zero-order valence-corrected chi connectivity index (χ0v) is 12.3. The molecule has 1 amide bonds. The van der Waals surface area contributed by atoms with Crippen molar-refractivity contribution >= 4 is 18.3 Å². The van der Waals surface area contributed by atoms with Crippen LogP contribution in [0.1, 0.15) is 41.0 Å². The van der Waals surface area contributed by atoms with Gasteiger partial charge in [-0.1, -0.05) is 20.8 Å². The predicted molar refractivity (Wildman–Crippen MR) is 73.1 cm³/mol. The maximum atomic E-state index is 11.7. The van der Waals surface area contributed by atoms with Crippen LogP contribution in [-0.2, 0) is 4.79 Å². The normalized spacial score (nSPS) is 16.6. The van der Waals surface area contributed by atoms with Gasteiger partial charge in [0.2, 0.25) is 5.91 Å². The molecule has 0 saturated carbocycles. The summed E-state index contributed by atoms with van der Waals surface area (Å²) in [6.07, 6.45) is 0.317. The number of carbonyl (C=O) groups is 1. The fourth-order valence-corrected chi connectivity index (χ4v) is 1.60. The molecule has 0 aromatic rings. The lowest BCUT2D eigenvalue weighted by Crippen LogP contribution is -2.42. The van der Waals surface area contributed by atoms with Crippen LogP contribution in [0, 0.1) is 11.3 Å². The van der Waals surface area contributed by atoms with Crippen molar-refractivity contribution in [2.45, 2.75) is 53.2 Å². The second-order valence-corrected chi connectivity index (χ2v) is 5.58. The van der Waals surface area contributed by atoms with Gasteiger partial charge in [-0.25, -0.2) is 0 Å². The molecule has 4 nitrogen and oxygen atoms in total. The van der Waals surface area contributed by atoms with Gasteiger partial charge in [0.05, 0.1) is 6.10 Å². The monoisotopic (exact) mass is 266 g/mol. The minimum Gasteiger partial charge on any atom is -0.393 e. The number of aliphatic hydroxyl groups excluding tert-OH is 1. The Morgan fingerprint density at radius 3 is 2.18 bits per heavy atom. The number of hydrogen-bond donors (Lipinski definition) is 3. The van der Waals surface area contributed by atoms with Gasteiger partial charge in [-0.05, 0) is 25.7 Å². The van der Waals surface area contributed by atoms with Crippen molar-refractivity contribution in [3.05, 3.63) is 0 Å². The van der Waals surface area contributed by atoms with Gasteiger partial charge in [-0.2, -0.15) is 0 Å². The fraction of sp³-hybridized carbons (Fsp3) is 0.917. The number of rotatable bonds is 6. The van der Waals surface area contributed by atoms with E-state index < -0.39 is 0 Å². The second kappa shape index (κ2) is 7.90. The highest BCUT2D eigenvalue weighted by Crippen LogP contribution is 2.21. The summed E-state index contributed by atoms with van der Waals surface area (Å²) in [4.78, 5) is 11.7. The summed E-state index contributed by atoms with van der Waals surface area (Å²) < 4.78 is 0. The molecule has 0 aliphatic rings. The summed E-state index contributed by atoms with van der Waals surface area (Å²) in [6, 6.07) is -0.139. The molecule has 0 heterocycles. The molecule has 0 saturated heterocycles. The van der Waals surface area contributed by atoms with Gasteiger partial charge in [0.1, 0.15) is 0 Å². The van der Waals surface area contributed by atoms with E-state index in [1.165, 1.54) is 0 Å². The van der Waals surface area contributed by atoms with Crippen LogP contribution >= 0.6 is 12.4 Å². The molecule has 17 heavy (non-hydrogen) atoms. The van der Waals surface area contributed by atoms with E-state index in [0.29, 0.717) is 13.0 Å². The average Bonchev–Trinajstić information content (AvgIpc) is 2.10. The Bertz CT molecular complexity index is 231. The largest absolute Gasteiger partial charge is 0.393 e. The number of aliphatic hydroxyl groups is 1. The Kier molecular flexibility index (Phi) is 8.84. The zero-order chi connectivity index (χ0) is 12.9. The topological polar surface area (TPSA) is 75.3 Å². The van der Waals surface area contributed by atoms with Crippen LogP contribution in [0.2, 0.25) is 0 Å². The molecule has 104 valence electrons. The van der Waals surface area contributed by atoms with E-state index in [1.54, 1.807) is 6.92 Å². The third-order valence-electron chi connectivity index (χ3n) is 2.79. The number of hydrogen-bond acceptors (Lipinski definition) is 3. The van der Waals surface area contributed by atoms with Crippen LogP contribution in [0.15, 0.2) is 0 Å². The van der Waals surface area contributed by atoms with Crippen molar-refractivity contribution in [1.29, 1.82) is 0 Å². The quantitative estimate of drug-likeness (QED) is 0.678. The third kappa shape index (κ3) is 8.41. The van der Waals surface area contributed by atoms with E-state index in [-0.39, 0.29) is 41.8 Å². The first-order chi connectivity index (χ1) is 7.15. The smallest absolute Gasteiger partial charge is 0.224 e. The summed E-state index contributed by atoms with van der Waals surface area (Å²) in [5, 5.41) is 12.2. The first-order valence-corrected chi connectivity index (χ1v) is 5.87. The molecule has 0 fully saturated rings.